The average molecular weight is 253 g/mol. The summed E-state index contributed by atoms with van der Waals surface area (Å²) in [6.07, 6.45) is -0.673. The fourth-order valence-corrected chi connectivity index (χ4v) is 1.30. The number of ether oxygens (including phenoxy) is 3. The molecule has 1 aromatic rings. The summed E-state index contributed by atoms with van der Waals surface area (Å²) in [6.45, 7) is 4.75. The lowest BCUT2D eigenvalue weighted by Gasteiger charge is -2.14. The van der Waals surface area contributed by atoms with E-state index >= 15 is 0 Å². The van der Waals surface area contributed by atoms with Crippen LogP contribution in [0, 0.1) is 0 Å². The van der Waals surface area contributed by atoms with Crippen molar-refractivity contribution in [3.8, 4) is 5.75 Å². The Morgan fingerprint density at radius 3 is 2.83 bits per heavy atom. The zero-order valence-corrected chi connectivity index (χ0v) is 10.7. The second kappa shape index (κ2) is 7.55. The van der Waals surface area contributed by atoms with Crippen molar-refractivity contribution in [2.45, 2.75) is 20.0 Å². The van der Waals surface area contributed by atoms with Crippen molar-refractivity contribution in [3.63, 3.8) is 0 Å². The van der Waals surface area contributed by atoms with Crippen molar-refractivity contribution in [1.82, 2.24) is 0 Å². The number of anilines is 1. The largest absolute Gasteiger partial charge is 0.479 e. The van der Waals surface area contributed by atoms with Gasteiger partial charge in [0.2, 0.25) is 0 Å². The van der Waals surface area contributed by atoms with Gasteiger partial charge in [-0.3, -0.25) is 0 Å². The highest BCUT2D eigenvalue weighted by Crippen LogP contribution is 2.16. The van der Waals surface area contributed by atoms with Gasteiger partial charge in [-0.2, -0.15) is 0 Å². The van der Waals surface area contributed by atoms with Gasteiger partial charge in [0.15, 0.2) is 6.10 Å². The number of esters is 1. The minimum Gasteiger partial charge on any atom is -0.479 e. The van der Waals surface area contributed by atoms with Crippen molar-refractivity contribution < 1.29 is 19.0 Å². The fraction of sp³-hybridized carbons (Fsp3) is 0.462. The van der Waals surface area contributed by atoms with Crippen molar-refractivity contribution in [2.75, 3.05) is 25.6 Å². The predicted octanol–water partition coefficient (Wildman–Crippen LogP) is 1.62. The number of carbonyl (C=O) groups excluding carboxylic acids is 1. The smallest absolute Gasteiger partial charge is 0.347 e. The molecule has 0 saturated heterocycles. The van der Waals surface area contributed by atoms with E-state index in [4.69, 9.17) is 19.9 Å². The molecule has 100 valence electrons. The van der Waals surface area contributed by atoms with Gasteiger partial charge in [-0.05, 0) is 26.0 Å². The van der Waals surface area contributed by atoms with E-state index in [0.29, 0.717) is 24.7 Å². The lowest BCUT2D eigenvalue weighted by atomic mass is 10.3. The second-order valence-electron chi connectivity index (χ2n) is 3.70. The maximum atomic E-state index is 11.6. The van der Waals surface area contributed by atoms with Crippen molar-refractivity contribution in [2.24, 2.45) is 0 Å². The van der Waals surface area contributed by atoms with Crippen molar-refractivity contribution in [3.05, 3.63) is 24.3 Å². The van der Waals surface area contributed by atoms with Gasteiger partial charge in [0.25, 0.3) is 0 Å². The Hall–Kier alpha value is -1.75. The van der Waals surface area contributed by atoms with Crippen LogP contribution in [0.25, 0.3) is 0 Å². The minimum absolute atomic E-state index is 0.233. The molecule has 0 bridgehead atoms. The number of rotatable bonds is 7. The van der Waals surface area contributed by atoms with E-state index in [0.717, 1.165) is 0 Å². The summed E-state index contributed by atoms with van der Waals surface area (Å²) in [7, 11) is 0. The summed E-state index contributed by atoms with van der Waals surface area (Å²) in [5, 5.41) is 0. The standard InChI is InChI=1S/C13H19NO4/c1-3-16-7-8-17-13(15)10(2)18-12-6-4-5-11(14)9-12/h4-6,9-10H,3,7-8,14H2,1-2H3. The van der Waals surface area contributed by atoms with Gasteiger partial charge in [0.1, 0.15) is 12.4 Å². The second-order valence-corrected chi connectivity index (χ2v) is 3.70. The summed E-state index contributed by atoms with van der Waals surface area (Å²) in [6, 6.07) is 6.90. The van der Waals surface area contributed by atoms with Gasteiger partial charge in [-0.1, -0.05) is 6.07 Å². The third-order valence-electron chi connectivity index (χ3n) is 2.18. The fourth-order valence-electron chi connectivity index (χ4n) is 1.30. The van der Waals surface area contributed by atoms with E-state index in [2.05, 4.69) is 0 Å². The van der Waals surface area contributed by atoms with Crippen LogP contribution in [0.2, 0.25) is 0 Å². The molecule has 0 aliphatic heterocycles. The SMILES string of the molecule is CCOCCOC(=O)C(C)Oc1cccc(N)c1. The van der Waals surface area contributed by atoms with E-state index in [-0.39, 0.29) is 6.61 Å². The molecule has 0 amide bonds. The van der Waals surface area contributed by atoms with E-state index in [1.165, 1.54) is 0 Å². The maximum Gasteiger partial charge on any atom is 0.347 e. The highest BCUT2D eigenvalue weighted by atomic mass is 16.6. The van der Waals surface area contributed by atoms with Crippen LogP contribution >= 0.6 is 0 Å². The van der Waals surface area contributed by atoms with Crippen molar-refractivity contribution in [1.29, 1.82) is 0 Å². The molecule has 0 aliphatic rings. The van der Waals surface area contributed by atoms with E-state index in [9.17, 15) is 4.79 Å². The average Bonchev–Trinajstić information content (AvgIpc) is 2.34. The molecule has 0 saturated carbocycles. The van der Waals surface area contributed by atoms with Crippen LogP contribution in [0.4, 0.5) is 5.69 Å². The molecule has 1 rings (SSSR count). The molecule has 1 atom stereocenters. The molecule has 5 nitrogen and oxygen atoms in total. The molecule has 0 fully saturated rings. The Kier molecular flexibility index (Phi) is 6.00. The van der Waals surface area contributed by atoms with Crippen molar-refractivity contribution >= 4 is 11.7 Å². The number of hydrogen-bond donors (Lipinski definition) is 1. The monoisotopic (exact) mass is 253 g/mol. The van der Waals surface area contributed by atoms with Gasteiger partial charge < -0.3 is 19.9 Å². The van der Waals surface area contributed by atoms with Crippen LogP contribution in [0.3, 0.4) is 0 Å². The topological polar surface area (TPSA) is 70.8 Å². The Bertz CT molecular complexity index is 381. The van der Waals surface area contributed by atoms with Gasteiger partial charge in [-0.25, -0.2) is 4.79 Å². The van der Waals surface area contributed by atoms with E-state index in [1.54, 1.807) is 31.2 Å². The predicted molar refractivity (Wildman–Crippen MR) is 68.4 cm³/mol. The minimum atomic E-state index is -0.673. The van der Waals surface area contributed by atoms with Crippen LogP contribution in [-0.2, 0) is 14.3 Å². The lowest BCUT2D eigenvalue weighted by Crippen LogP contribution is -2.27. The summed E-state index contributed by atoms with van der Waals surface area (Å²) in [4.78, 5) is 11.6. The van der Waals surface area contributed by atoms with E-state index in [1.807, 2.05) is 6.92 Å². The Morgan fingerprint density at radius 2 is 2.17 bits per heavy atom. The van der Waals surface area contributed by atoms with Crippen LogP contribution in [-0.4, -0.2) is 31.9 Å². The molecule has 0 spiro atoms. The van der Waals surface area contributed by atoms with Crippen LogP contribution in [0.15, 0.2) is 24.3 Å². The summed E-state index contributed by atoms with van der Waals surface area (Å²) in [5.41, 5.74) is 6.20. The number of nitrogen functional groups attached to an aromatic ring is 1. The third kappa shape index (κ3) is 5.05. The Balaban J connectivity index is 2.35. The molecule has 0 radical (unpaired) electrons. The Labute approximate surface area is 107 Å². The highest BCUT2D eigenvalue weighted by Gasteiger charge is 2.16. The summed E-state index contributed by atoms with van der Waals surface area (Å²) >= 11 is 0. The first-order chi connectivity index (χ1) is 8.63. The molecule has 0 aliphatic carbocycles. The first-order valence-electron chi connectivity index (χ1n) is 5.90. The maximum absolute atomic E-state index is 11.6. The summed E-state index contributed by atoms with van der Waals surface area (Å²) in [5.74, 6) is 0.126. The number of hydrogen-bond acceptors (Lipinski definition) is 5. The Morgan fingerprint density at radius 1 is 1.39 bits per heavy atom. The van der Waals surface area contributed by atoms with Crippen LogP contribution in [0.1, 0.15) is 13.8 Å². The molecule has 2 N–H and O–H groups in total. The first-order valence-corrected chi connectivity index (χ1v) is 5.90. The molecule has 1 aromatic carbocycles. The van der Waals surface area contributed by atoms with Crippen LogP contribution < -0.4 is 10.5 Å². The molecule has 0 heterocycles. The molecule has 18 heavy (non-hydrogen) atoms. The van der Waals surface area contributed by atoms with E-state index < -0.39 is 12.1 Å². The molecular weight excluding hydrogens is 234 g/mol. The number of carbonyl (C=O) groups is 1. The zero-order valence-electron chi connectivity index (χ0n) is 10.7. The first kappa shape index (κ1) is 14.3. The van der Waals surface area contributed by atoms with Gasteiger partial charge in [0, 0.05) is 18.4 Å². The van der Waals surface area contributed by atoms with Gasteiger partial charge >= 0.3 is 5.97 Å². The molecule has 1 unspecified atom stereocenters. The quantitative estimate of drug-likeness (QED) is 0.454. The lowest BCUT2D eigenvalue weighted by molar-refractivity contribution is -0.152. The molecule has 0 aromatic heterocycles. The molecular formula is C13H19NO4. The van der Waals surface area contributed by atoms with Gasteiger partial charge in [0.05, 0.1) is 6.61 Å². The number of benzene rings is 1. The zero-order chi connectivity index (χ0) is 13.4. The normalized spacial score (nSPS) is 11.9. The van der Waals surface area contributed by atoms with Crippen LogP contribution in [0.5, 0.6) is 5.75 Å². The number of nitrogens with two attached hydrogens (primary N) is 1. The third-order valence-corrected chi connectivity index (χ3v) is 2.18. The van der Waals surface area contributed by atoms with Gasteiger partial charge in [-0.15, -0.1) is 0 Å². The summed E-state index contributed by atoms with van der Waals surface area (Å²) < 4.78 is 15.5. The highest BCUT2D eigenvalue weighted by molar-refractivity contribution is 5.74. The molecule has 5 heteroatoms.